The molecule has 1 saturated carbocycles. The Morgan fingerprint density at radius 1 is 1.10 bits per heavy atom. The van der Waals surface area contributed by atoms with Gasteiger partial charge in [0.25, 0.3) is 0 Å². The lowest BCUT2D eigenvalue weighted by Crippen LogP contribution is -2.69. The Labute approximate surface area is 176 Å². The minimum Gasteiger partial charge on any atom is -0.378 e. The number of hydrogen-bond donors (Lipinski definition) is 3. The average Bonchev–Trinajstić information content (AvgIpc) is 3.12. The smallest absolute Gasteiger partial charge is 0.227 e. The lowest BCUT2D eigenvalue weighted by atomic mass is 9.84. The van der Waals surface area contributed by atoms with E-state index in [1.165, 1.54) is 19.3 Å². The highest BCUT2D eigenvalue weighted by Gasteiger charge is 2.49. The standard InChI is InChI=1S/C22H41N5O2/c1-5-17-6-8-18(9-7-17)25-22(28)19-11-23-27-20(10-14(2)24-21(19)27)26-15(3)12-29-13-16(26)4/h14-21,23-24H,5-13H2,1-4H3,(H,25,28). The van der Waals surface area contributed by atoms with Gasteiger partial charge in [0.2, 0.25) is 5.91 Å². The van der Waals surface area contributed by atoms with Gasteiger partial charge in [-0.15, -0.1) is 0 Å². The predicted octanol–water partition coefficient (Wildman–Crippen LogP) is 1.65. The molecule has 29 heavy (non-hydrogen) atoms. The molecule has 0 aromatic carbocycles. The van der Waals surface area contributed by atoms with Crippen LogP contribution in [0.15, 0.2) is 0 Å². The van der Waals surface area contributed by atoms with Crippen molar-refractivity contribution in [2.45, 2.75) is 103 Å². The van der Waals surface area contributed by atoms with Crippen LogP contribution in [0.5, 0.6) is 0 Å². The lowest BCUT2D eigenvalue weighted by molar-refractivity contribution is -0.140. The van der Waals surface area contributed by atoms with Crippen molar-refractivity contribution in [2.24, 2.45) is 11.8 Å². The van der Waals surface area contributed by atoms with Crippen LogP contribution in [0.4, 0.5) is 0 Å². The van der Waals surface area contributed by atoms with E-state index in [1.807, 2.05) is 0 Å². The van der Waals surface area contributed by atoms with Gasteiger partial charge in [-0.25, -0.2) is 5.01 Å². The Balaban J connectivity index is 1.41. The van der Waals surface area contributed by atoms with E-state index in [2.05, 4.69) is 53.7 Å². The number of amides is 1. The van der Waals surface area contributed by atoms with Crippen LogP contribution in [0.2, 0.25) is 0 Å². The van der Waals surface area contributed by atoms with E-state index in [4.69, 9.17) is 4.74 Å². The normalized spacial score (nSPS) is 44.4. The van der Waals surface area contributed by atoms with Crippen LogP contribution in [-0.2, 0) is 9.53 Å². The molecule has 0 radical (unpaired) electrons. The Morgan fingerprint density at radius 3 is 2.45 bits per heavy atom. The first kappa shape index (κ1) is 21.5. The van der Waals surface area contributed by atoms with E-state index in [-0.39, 0.29) is 18.0 Å². The molecule has 3 N–H and O–H groups in total. The molecule has 7 heteroatoms. The molecule has 6 atom stereocenters. The summed E-state index contributed by atoms with van der Waals surface area (Å²) in [5, 5.41) is 9.42. The number of carbonyl (C=O) groups excluding carboxylic acids is 1. The Kier molecular flexibility index (Phi) is 6.81. The summed E-state index contributed by atoms with van der Waals surface area (Å²) in [4.78, 5) is 15.8. The van der Waals surface area contributed by atoms with Gasteiger partial charge in [-0.1, -0.05) is 13.3 Å². The van der Waals surface area contributed by atoms with E-state index in [1.54, 1.807) is 0 Å². The summed E-state index contributed by atoms with van der Waals surface area (Å²) in [6.45, 7) is 11.3. The molecule has 4 fully saturated rings. The number of nitrogens with zero attached hydrogens (tertiary/aromatic N) is 2. The minimum absolute atomic E-state index is 0.0456. The Hall–Kier alpha value is -0.730. The first-order valence-electron chi connectivity index (χ1n) is 11.9. The molecule has 7 nitrogen and oxygen atoms in total. The second-order valence-electron chi connectivity index (χ2n) is 9.92. The number of fused-ring (bicyclic) bond motifs is 1. The summed E-state index contributed by atoms with van der Waals surface area (Å²) in [6, 6.07) is 1.52. The van der Waals surface area contributed by atoms with Crippen molar-refractivity contribution in [2.75, 3.05) is 19.8 Å². The van der Waals surface area contributed by atoms with Crippen molar-refractivity contribution >= 4 is 5.91 Å². The maximum Gasteiger partial charge on any atom is 0.227 e. The van der Waals surface area contributed by atoms with Crippen molar-refractivity contribution in [3.8, 4) is 0 Å². The molecule has 166 valence electrons. The molecule has 0 spiro atoms. The molecule has 3 aliphatic heterocycles. The first-order valence-corrected chi connectivity index (χ1v) is 11.9. The zero-order valence-electron chi connectivity index (χ0n) is 18.7. The van der Waals surface area contributed by atoms with E-state index >= 15 is 0 Å². The molecule has 3 heterocycles. The van der Waals surface area contributed by atoms with Gasteiger partial charge in [0.05, 0.1) is 31.5 Å². The molecule has 0 aromatic heterocycles. The summed E-state index contributed by atoms with van der Waals surface area (Å²) in [7, 11) is 0. The van der Waals surface area contributed by atoms with Gasteiger partial charge in [0.15, 0.2) is 0 Å². The van der Waals surface area contributed by atoms with Gasteiger partial charge in [-0.2, -0.15) is 0 Å². The van der Waals surface area contributed by atoms with E-state index < -0.39 is 0 Å². The highest BCUT2D eigenvalue weighted by molar-refractivity contribution is 5.80. The van der Waals surface area contributed by atoms with E-state index in [0.717, 1.165) is 38.4 Å². The first-order chi connectivity index (χ1) is 14.0. The summed E-state index contributed by atoms with van der Waals surface area (Å²) in [6.07, 6.45) is 7.44. The van der Waals surface area contributed by atoms with Gasteiger partial charge in [-0.3, -0.25) is 20.4 Å². The maximum absolute atomic E-state index is 13.2. The third kappa shape index (κ3) is 4.49. The molecule has 4 rings (SSSR count). The van der Waals surface area contributed by atoms with Crippen LogP contribution < -0.4 is 16.1 Å². The van der Waals surface area contributed by atoms with Crippen LogP contribution in [0, 0.1) is 11.8 Å². The number of ether oxygens (including phenoxy) is 1. The fourth-order valence-electron chi connectivity index (χ4n) is 6.01. The van der Waals surface area contributed by atoms with Crippen molar-refractivity contribution in [3.05, 3.63) is 0 Å². The SMILES string of the molecule is CCC1CCC(NC(=O)C2CNN3C2NC(C)CC3N2C(C)COCC2C)CC1. The number of morpholine rings is 1. The Bertz CT molecular complexity index is 557. The van der Waals surface area contributed by atoms with Crippen molar-refractivity contribution in [1.82, 2.24) is 26.0 Å². The quantitative estimate of drug-likeness (QED) is 0.658. The summed E-state index contributed by atoms with van der Waals surface area (Å²) in [5.74, 6) is 1.02. The highest BCUT2D eigenvalue weighted by Crippen LogP contribution is 2.31. The van der Waals surface area contributed by atoms with Gasteiger partial charge < -0.3 is 10.1 Å². The molecular formula is C22H41N5O2. The van der Waals surface area contributed by atoms with Crippen LogP contribution in [0.3, 0.4) is 0 Å². The predicted molar refractivity (Wildman–Crippen MR) is 114 cm³/mol. The molecule has 6 unspecified atom stereocenters. The molecular weight excluding hydrogens is 366 g/mol. The van der Waals surface area contributed by atoms with Crippen molar-refractivity contribution in [3.63, 3.8) is 0 Å². The van der Waals surface area contributed by atoms with E-state index in [9.17, 15) is 4.79 Å². The summed E-state index contributed by atoms with van der Waals surface area (Å²) >= 11 is 0. The zero-order chi connectivity index (χ0) is 20.5. The van der Waals surface area contributed by atoms with Gasteiger partial charge in [0, 0.05) is 30.7 Å². The monoisotopic (exact) mass is 407 g/mol. The van der Waals surface area contributed by atoms with Crippen LogP contribution in [0.1, 0.15) is 66.2 Å². The molecule has 3 saturated heterocycles. The largest absolute Gasteiger partial charge is 0.378 e. The van der Waals surface area contributed by atoms with Gasteiger partial charge in [-0.05, 0) is 58.8 Å². The third-order valence-electron chi connectivity index (χ3n) is 7.70. The third-order valence-corrected chi connectivity index (χ3v) is 7.70. The van der Waals surface area contributed by atoms with Crippen LogP contribution in [0.25, 0.3) is 0 Å². The molecule has 1 amide bonds. The molecule has 0 bridgehead atoms. The number of rotatable bonds is 4. The lowest BCUT2D eigenvalue weighted by Gasteiger charge is -2.52. The molecule has 4 aliphatic rings. The van der Waals surface area contributed by atoms with Crippen LogP contribution in [-0.4, -0.2) is 72.1 Å². The second kappa shape index (κ2) is 9.18. The van der Waals surface area contributed by atoms with Crippen LogP contribution >= 0.6 is 0 Å². The number of nitrogens with one attached hydrogen (secondary N) is 3. The van der Waals surface area contributed by atoms with Gasteiger partial charge >= 0.3 is 0 Å². The number of hydrogen-bond acceptors (Lipinski definition) is 6. The molecule has 1 aliphatic carbocycles. The fourth-order valence-corrected chi connectivity index (χ4v) is 6.01. The number of hydrazine groups is 1. The topological polar surface area (TPSA) is 68.9 Å². The minimum atomic E-state index is -0.0456. The highest BCUT2D eigenvalue weighted by atomic mass is 16.5. The number of carbonyl (C=O) groups is 1. The fraction of sp³-hybridized carbons (Fsp3) is 0.955. The van der Waals surface area contributed by atoms with Crippen molar-refractivity contribution in [1.29, 1.82) is 0 Å². The zero-order valence-corrected chi connectivity index (χ0v) is 18.7. The summed E-state index contributed by atoms with van der Waals surface area (Å²) < 4.78 is 5.75. The van der Waals surface area contributed by atoms with E-state index in [0.29, 0.717) is 36.9 Å². The summed E-state index contributed by atoms with van der Waals surface area (Å²) in [5.41, 5.74) is 3.58. The van der Waals surface area contributed by atoms with Crippen molar-refractivity contribution < 1.29 is 9.53 Å². The second-order valence-corrected chi connectivity index (χ2v) is 9.92. The molecule has 0 aromatic rings. The maximum atomic E-state index is 13.2. The van der Waals surface area contributed by atoms with Gasteiger partial charge in [0.1, 0.15) is 0 Å². The average molecular weight is 408 g/mol. The Morgan fingerprint density at radius 2 is 1.79 bits per heavy atom.